The second-order valence-corrected chi connectivity index (χ2v) is 4.54. The molecule has 0 fully saturated rings. The maximum absolute atomic E-state index is 11.9. The molecule has 4 heteroatoms. The number of hydrogen-bond acceptors (Lipinski definition) is 3. The van der Waals surface area contributed by atoms with Crippen LogP contribution < -0.4 is 10.2 Å². The predicted molar refractivity (Wildman–Crippen MR) is 83.9 cm³/mol. The fraction of sp³-hybridized carbons (Fsp3) is 0.176. The standard InChI is InChI=1S/C17H18N2O2/c1-3-21-16-7-5-4-6-15(16)12-18-19-17(20)14-10-8-13(2)9-11-14/h4-12H,3H2,1-2H3,(H,19,20)/b18-12+. The zero-order valence-electron chi connectivity index (χ0n) is 12.2. The molecule has 4 nitrogen and oxygen atoms in total. The molecule has 0 aliphatic rings. The Morgan fingerprint density at radius 2 is 1.90 bits per heavy atom. The van der Waals surface area contributed by atoms with Crippen LogP contribution in [0.1, 0.15) is 28.4 Å². The van der Waals surface area contributed by atoms with Gasteiger partial charge >= 0.3 is 0 Å². The van der Waals surface area contributed by atoms with E-state index in [-0.39, 0.29) is 5.91 Å². The quantitative estimate of drug-likeness (QED) is 0.676. The number of hydrogen-bond donors (Lipinski definition) is 1. The third-order valence-corrected chi connectivity index (χ3v) is 2.90. The molecule has 108 valence electrons. The summed E-state index contributed by atoms with van der Waals surface area (Å²) in [6.45, 7) is 4.48. The third kappa shape index (κ3) is 4.18. The van der Waals surface area contributed by atoms with E-state index >= 15 is 0 Å². The normalized spacial score (nSPS) is 10.6. The molecule has 0 radical (unpaired) electrons. The van der Waals surface area contributed by atoms with Gasteiger partial charge in [-0.25, -0.2) is 5.43 Å². The van der Waals surface area contributed by atoms with Crippen LogP contribution in [0.15, 0.2) is 53.6 Å². The van der Waals surface area contributed by atoms with Crippen molar-refractivity contribution in [2.24, 2.45) is 5.10 Å². The average Bonchev–Trinajstić information content (AvgIpc) is 2.50. The molecule has 2 aromatic carbocycles. The number of carbonyl (C=O) groups is 1. The maximum Gasteiger partial charge on any atom is 0.271 e. The average molecular weight is 282 g/mol. The van der Waals surface area contributed by atoms with Crippen molar-refractivity contribution in [3.63, 3.8) is 0 Å². The lowest BCUT2D eigenvalue weighted by Crippen LogP contribution is -2.17. The number of benzene rings is 2. The molecule has 0 unspecified atom stereocenters. The van der Waals surface area contributed by atoms with E-state index in [1.54, 1.807) is 18.3 Å². The Morgan fingerprint density at radius 1 is 1.19 bits per heavy atom. The Balaban J connectivity index is 2.02. The van der Waals surface area contributed by atoms with E-state index in [2.05, 4.69) is 10.5 Å². The Kier molecular flexibility index (Phi) is 5.10. The summed E-state index contributed by atoms with van der Waals surface area (Å²) in [5.41, 5.74) is 5.03. The number of amides is 1. The number of nitrogens with zero attached hydrogens (tertiary/aromatic N) is 1. The van der Waals surface area contributed by atoms with Crippen molar-refractivity contribution in [3.8, 4) is 5.75 Å². The molecule has 1 N–H and O–H groups in total. The van der Waals surface area contributed by atoms with Gasteiger partial charge in [0.25, 0.3) is 5.91 Å². The Hall–Kier alpha value is -2.62. The Labute approximate surface area is 124 Å². The first kappa shape index (κ1) is 14.8. The fourth-order valence-corrected chi connectivity index (χ4v) is 1.80. The van der Waals surface area contributed by atoms with E-state index in [1.807, 2.05) is 50.2 Å². The van der Waals surface area contributed by atoms with Gasteiger partial charge in [-0.3, -0.25) is 4.79 Å². The summed E-state index contributed by atoms with van der Waals surface area (Å²) in [5, 5.41) is 3.98. The van der Waals surface area contributed by atoms with E-state index < -0.39 is 0 Å². The first-order valence-corrected chi connectivity index (χ1v) is 6.82. The van der Waals surface area contributed by atoms with Crippen LogP contribution in [0.2, 0.25) is 0 Å². The summed E-state index contributed by atoms with van der Waals surface area (Å²) in [4.78, 5) is 11.9. The molecule has 0 bridgehead atoms. The second-order valence-electron chi connectivity index (χ2n) is 4.54. The van der Waals surface area contributed by atoms with Crippen molar-refractivity contribution in [2.45, 2.75) is 13.8 Å². The highest BCUT2D eigenvalue weighted by Gasteiger charge is 2.03. The van der Waals surface area contributed by atoms with Gasteiger partial charge in [-0.05, 0) is 38.1 Å². The van der Waals surface area contributed by atoms with Crippen LogP contribution in [0, 0.1) is 6.92 Å². The summed E-state index contributed by atoms with van der Waals surface area (Å²) in [7, 11) is 0. The highest BCUT2D eigenvalue weighted by molar-refractivity contribution is 5.95. The van der Waals surface area contributed by atoms with Gasteiger partial charge in [0.2, 0.25) is 0 Å². The van der Waals surface area contributed by atoms with Crippen LogP contribution in [0.5, 0.6) is 5.75 Å². The molecule has 0 spiro atoms. The van der Waals surface area contributed by atoms with Crippen LogP contribution in [-0.2, 0) is 0 Å². The van der Waals surface area contributed by atoms with Crippen molar-refractivity contribution in [1.82, 2.24) is 5.43 Å². The minimum atomic E-state index is -0.236. The van der Waals surface area contributed by atoms with Gasteiger partial charge < -0.3 is 4.74 Å². The molecular formula is C17H18N2O2. The lowest BCUT2D eigenvalue weighted by atomic mass is 10.1. The number of aryl methyl sites for hydroxylation is 1. The van der Waals surface area contributed by atoms with Crippen LogP contribution in [0.3, 0.4) is 0 Å². The highest BCUT2D eigenvalue weighted by atomic mass is 16.5. The maximum atomic E-state index is 11.9. The van der Waals surface area contributed by atoms with E-state index in [4.69, 9.17) is 4.74 Å². The third-order valence-electron chi connectivity index (χ3n) is 2.90. The number of nitrogens with one attached hydrogen (secondary N) is 1. The first-order valence-electron chi connectivity index (χ1n) is 6.82. The van der Waals surface area contributed by atoms with E-state index in [9.17, 15) is 4.79 Å². The monoisotopic (exact) mass is 282 g/mol. The number of ether oxygens (including phenoxy) is 1. The van der Waals surface area contributed by atoms with E-state index in [0.29, 0.717) is 12.2 Å². The predicted octanol–water partition coefficient (Wildman–Crippen LogP) is 3.16. The molecule has 1 amide bonds. The molecule has 0 aliphatic carbocycles. The summed E-state index contributed by atoms with van der Waals surface area (Å²) >= 11 is 0. The van der Waals surface area contributed by atoms with E-state index in [1.165, 1.54) is 0 Å². The molecule has 0 heterocycles. The van der Waals surface area contributed by atoms with Crippen molar-refractivity contribution >= 4 is 12.1 Å². The largest absolute Gasteiger partial charge is 0.493 e. The summed E-state index contributed by atoms with van der Waals surface area (Å²) in [5.74, 6) is 0.508. The molecule has 0 atom stereocenters. The Bertz CT molecular complexity index is 633. The summed E-state index contributed by atoms with van der Waals surface area (Å²) in [6, 6.07) is 14.9. The van der Waals surface area contributed by atoms with Gasteiger partial charge in [0.05, 0.1) is 12.8 Å². The fourth-order valence-electron chi connectivity index (χ4n) is 1.80. The van der Waals surface area contributed by atoms with Gasteiger partial charge in [0.15, 0.2) is 0 Å². The van der Waals surface area contributed by atoms with Crippen molar-refractivity contribution in [3.05, 3.63) is 65.2 Å². The van der Waals surface area contributed by atoms with E-state index in [0.717, 1.165) is 16.9 Å². The number of hydrazone groups is 1. The number of para-hydroxylation sites is 1. The van der Waals surface area contributed by atoms with Gasteiger partial charge in [-0.15, -0.1) is 0 Å². The molecule has 0 aromatic heterocycles. The lowest BCUT2D eigenvalue weighted by molar-refractivity contribution is 0.0955. The number of rotatable bonds is 5. The smallest absolute Gasteiger partial charge is 0.271 e. The molecule has 2 aromatic rings. The van der Waals surface area contributed by atoms with Crippen LogP contribution in [0.25, 0.3) is 0 Å². The molecule has 21 heavy (non-hydrogen) atoms. The summed E-state index contributed by atoms with van der Waals surface area (Å²) in [6.07, 6.45) is 1.58. The SMILES string of the molecule is CCOc1ccccc1/C=N/NC(=O)c1ccc(C)cc1. The molecular weight excluding hydrogens is 264 g/mol. The molecule has 0 aliphatic heterocycles. The van der Waals surface area contributed by atoms with Gasteiger partial charge in [0.1, 0.15) is 5.75 Å². The minimum Gasteiger partial charge on any atom is -0.493 e. The van der Waals surface area contributed by atoms with Gasteiger partial charge in [0, 0.05) is 11.1 Å². The molecule has 0 saturated heterocycles. The zero-order valence-corrected chi connectivity index (χ0v) is 12.2. The zero-order chi connectivity index (χ0) is 15.1. The number of carbonyl (C=O) groups excluding carboxylic acids is 1. The van der Waals surface area contributed by atoms with Crippen LogP contribution >= 0.6 is 0 Å². The van der Waals surface area contributed by atoms with Crippen LogP contribution in [0.4, 0.5) is 0 Å². The minimum absolute atomic E-state index is 0.236. The lowest BCUT2D eigenvalue weighted by Gasteiger charge is -2.06. The molecule has 0 saturated carbocycles. The van der Waals surface area contributed by atoms with Crippen molar-refractivity contribution < 1.29 is 9.53 Å². The highest BCUT2D eigenvalue weighted by Crippen LogP contribution is 2.15. The Morgan fingerprint density at radius 3 is 2.62 bits per heavy atom. The van der Waals surface area contributed by atoms with Gasteiger partial charge in [-0.1, -0.05) is 29.8 Å². The van der Waals surface area contributed by atoms with Crippen LogP contribution in [-0.4, -0.2) is 18.7 Å². The van der Waals surface area contributed by atoms with Crippen molar-refractivity contribution in [2.75, 3.05) is 6.61 Å². The summed E-state index contributed by atoms with van der Waals surface area (Å²) < 4.78 is 5.49. The first-order chi connectivity index (χ1) is 10.2. The van der Waals surface area contributed by atoms with Gasteiger partial charge in [-0.2, -0.15) is 5.10 Å². The topological polar surface area (TPSA) is 50.7 Å². The van der Waals surface area contributed by atoms with Crippen molar-refractivity contribution in [1.29, 1.82) is 0 Å². The second kappa shape index (κ2) is 7.24. The molecule has 2 rings (SSSR count).